The van der Waals surface area contributed by atoms with Crippen LogP contribution in [0.15, 0.2) is 30.3 Å². The summed E-state index contributed by atoms with van der Waals surface area (Å²) in [5, 5.41) is 30.8. The number of para-hydroxylation sites is 1. The van der Waals surface area contributed by atoms with Crippen LogP contribution in [0.25, 0.3) is 10.9 Å². The van der Waals surface area contributed by atoms with E-state index in [1.165, 1.54) is 0 Å². The van der Waals surface area contributed by atoms with Crippen molar-refractivity contribution in [1.29, 1.82) is 5.26 Å². The molecule has 0 aliphatic heterocycles. The number of hydrogen-bond donors (Lipinski definition) is 3. The molecule has 0 fully saturated rings. The molecule has 0 saturated carbocycles. The lowest BCUT2D eigenvalue weighted by Crippen LogP contribution is -2.28. The van der Waals surface area contributed by atoms with Crippen LogP contribution in [0.3, 0.4) is 0 Å². The Morgan fingerprint density at radius 3 is 2.67 bits per heavy atom. The molecule has 0 bridgehead atoms. The minimum atomic E-state index is -0.481. The van der Waals surface area contributed by atoms with Crippen LogP contribution in [-0.4, -0.2) is 34.5 Å². The van der Waals surface area contributed by atoms with E-state index in [1.807, 2.05) is 24.3 Å². The predicted octanol–water partition coefficient (Wildman–Crippen LogP) is 0.872. The van der Waals surface area contributed by atoms with Crippen molar-refractivity contribution >= 4 is 16.7 Å². The lowest BCUT2D eigenvalue weighted by molar-refractivity contribution is 0.203. The highest BCUT2D eigenvalue weighted by atomic mass is 16.3. The zero-order valence-electron chi connectivity index (χ0n) is 9.67. The number of aromatic nitrogens is 1. The summed E-state index contributed by atoms with van der Waals surface area (Å²) in [7, 11) is 0. The number of pyridine rings is 1. The highest BCUT2D eigenvalue weighted by Gasteiger charge is 2.09. The Kier molecular flexibility index (Phi) is 3.72. The maximum absolute atomic E-state index is 9.10. The van der Waals surface area contributed by atoms with Crippen LogP contribution in [0.2, 0.25) is 0 Å². The molecular formula is C13H13N3O2. The second kappa shape index (κ2) is 5.45. The topological polar surface area (TPSA) is 89.2 Å². The van der Waals surface area contributed by atoms with E-state index in [2.05, 4.69) is 16.4 Å². The van der Waals surface area contributed by atoms with Gasteiger partial charge in [0.15, 0.2) is 0 Å². The van der Waals surface area contributed by atoms with Crippen molar-refractivity contribution < 1.29 is 10.2 Å². The molecule has 1 aromatic carbocycles. The molecule has 0 aliphatic rings. The van der Waals surface area contributed by atoms with Gasteiger partial charge in [0.2, 0.25) is 0 Å². The van der Waals surface area contributed by atoms with Gasteiger partial charge < -0.3 is 15.5 Å². The van der Waals surface area contributed by atoms with Crippen molar-refractivity contribution in [1.82, 2.24) is 4.98 Å². The maximum atomic E-state index is 9.10. The van der Waals surface area contributed by atoms with E-state index in [4.69, 9.17) is 15.5 Å². The van der Waals surface area contributed by atoms with Gasteiger partial charge in [0.1, 0.15) is 5.82 Å². The molecule has 5 heteroatoms. The first-order valence-corrected chi connectivity index (χ1v) is 5.56. The second-order valence-corrected chi connectivity index (χ2v) is 3.89. The minimum absolute atomic E-state index is 0.201. The number of benzene rings is 1. The number of anilines is 1. The normalized spacial score (nSPS) is 10.6. The first-order chi connectivity index (χ1) is 8.78. The number of nitrogens with zero attached hydrogens (tertiary/aromatic N) is 2. The molecule has 0 radical (unpaired) electrons. The van der Waals surface area contributed by atoms with Crippen molar-refractivity contribution in [3.05, 3.63) is 35.9 Å². The van der Waals surface area contributed by atoms with E-state index >= 15 is 0 Å². The third-order valence-corrected chi connectivity index (χ3v) is 2.63. The van der Waals surface area contributed by atoms with E-state index in [0.29, 0.717) is 16.9 Å². The van der Waals surface area contributed by atoms with Gasteiger partial charge in [0, 0.05) is 5.39 Å². The summed E-state index contributed by atoms with van der Waals surface area (Å²) in [6, 6.07) is 10.6. The van der Waals surface area contributed by atoms with E-state index in [9.17, 15) is 0 Å². The summed E-state index contributed by atoms with van der Waals surface area (Å²) in [5.41, 5.74) is 1.21. The molecule has 1 heterocycles. The molecule has 5 nitrogen and oxygen atoms in total. The van der Waals surface area contributed by atoms with Crippen LogP contribution in [0.1, 0.15) is 5.56 Å². The van der Waals surface area contributed by atoms with Gasteiger partial charge >= 0.3 is 0 Å². The Labute approximate surface area is 104 Å². The number of nitrogens with one attached hydrogen (secondary N) is 1. The predicted molar refractivity (Wildman–Crippen MR) is 68.0 cm³/mol. The first kappa shape index (κ1) is 12.3. The third kappa shape index (κ3) is 2.40. The Bertz CT molecular complexity index is 588. The Morgan fingerprint density at radius 1 is 1.28 bits per heavy atom. The van der Waals surface area contributed by atoms with Gasteiger partial charge in [-0.15, -0.1) is 0 Å². The molecule has 18 heavy (non-hydrogen) atoms. The average Bonchev–Trinajstić information content (AvgIpc) is 2.43. The van der Waals surface area contributed by atoms with E-state index < -0.39 is 6.04 Å². The van der Waals surface area contributed by atoms with Crippen LogP contribution in [0.4, 0.5) is 5.82 Å². The van der Waals surface area contributed by atoms with Crippen LogP contribution in [-0.2, 0) is 0 Å². The fourth-order valence-corrected chi connectivity index (χ4v) is 1.70. The standard InChI is InChI=1S/C13H13N3O2/c14-6-9-5-13(15-10(7-17)8-18)16-12-4-2-1-3-11(9)12/h1-5,10,17-18H,7-8H2,(H,15,16). The largest absolute Gasteiger partial charge is 0.394 e. The molecule has 0 spiro atoms. The number of aliphatic hydroxyl groups is 2. The number of fused-ring (bicyclic) bond motifs is 1. The number of nitriles is 1. The monoisotopic (exact) mass is 243 g/mol. The van der Waals surface area contributed by atoms with Gasteiger partial charge in [-0.2, -0.15) is 5.26 Å². The summed E-state index contributed by atoms with van der Waals surface area (Å²) in [5.74, 6) is 0.471. The zero-order chi connectivity index (χ0) is 13.0. The summed E-state index contributed by atoms with van der Waals surface area (Å²) in [6.45, 7) is -0.403. The first-order valence-electron chi connectivity index (χ1n) is 5.56. The molecule has 92 valence electrons. The number of rotatable bonds is 4. The highest BCUT2D eigenvalue weighted by molar-refractivity contribution is 5.86. The van der Waals surface area contributed by atoms with Crippen LogP contribution >= 0.6 is 0 Å². The smallest absolute Gasteiger partial charge is 0.128 e. The molecular weight excluding hydrogens is 230 g/mol. The maximum Gasteiger partial charge on any atom is 0.128 e. The molecule has 0 amide bonds. The third-order valence-electron chi connectivity index (χ3n) is 2.63. The van der Waals surface area contributed by atoms with Gasteiger partial charge in [-0.3, -0.25) is 0 Å². The minimum Gasteiger partial charge on any atom is -0.394 e. The summed E-state index contributed by atoms with van der Waals surface area (Å²) < 4.78 is 0. The summed E-state index contributed by atoms with van der Waals surface area (Å²) in [6.07, 6.45) is 0. The lowest BCUT2D eigenvalue weighted by atomic mass is 10.1. The fourth-order valence-electron chi connectivity index (χ4n) is 1.70. The number of hydrogen-bond acceptors (Lipinski definition) is 5. The number of aliphatic hydroxyl groups excluding tert-OH is 2. The fraction of sp³-hybridized carbons (Fsp3) is 0.231. The van der Waals surface area contributed by atoms with Crippen LogP contribution in [0.5, 0.6) is 0 Å². The van der Waals surface area contributed by atoms with E-state index in [0.717, 1.165) is 5.39 Å². The van der Waals surface area contributed by atoms with Crippen molar-refractivity contribution in [2.45, 2.75) is 6.04 Å². The van der Waals surface area contributed by atoms with Crippen molar-refractivity contribution in [3.63, 3.8) is 0 Å². The van der Waals surface area contributed by atoms with Crippen molar-refractivity contribution in [2.24, 2.45) is 0 Å². The van der Waals surface area contributed by atoms with Gasteiger partial charge in [0.25, 0.3) is 0 Å². The van der Waals surface area contributed by atoms with Gasteiger partial charge in [0.05, 0.1) is 36.4 Å². The Balaban J connectivity index is 2.44. The molecule has 0 saturated heterocycles. The lowest BCUT2D eigenvalue weighted by Gasteiger charge is -2.14. The molecule has 1 aromatic heterocycles. The molecule has 2 rings (SSSR count). The van der Waals surface area contributed by atoms with Crippen LogP contribution in [0, 0.1) is 11.3 Å². The van der Waals surface area contributed by atoms with Gasteiger partial charge in [-0.25, -0.2) is 4.98 Å². The van der Waals surface area contributed by atoms with Gasteiger partial charge in [-0.05, 0) is 12.1 Å². The average molecular weight is 243 g/mol. The highest BCUT2D eigenvalue weighted by Crippen LogP contribution is 2.20. The summed E-state index contributed by atoms with van der Waals surface area (Å²) >= 11 is 0. The van der Waals surface area contributed by atoms with E-state index in [1.54, 1.807) is 6.07 Å². The molecule has 0 unspecified atom stereocenters. The summed E-state index contributed by atoms with van der Waals surface area (Å²) in [4.78, 5) is 4.34. The van der Waals surface area contributed by atoms with Crippen LogP contribution < -0.4 is 5.32 Å². The molecule has 3 N–H and O–H groups in total. The molecule has 0 aliphatic carbocycles. The van der Waals surface area contributed by atoms with Crippen molar-refractivity contribution in [3.8, 4) is 6.07 Å². The quantitative estimate of drug-likeness (QED) is 0.741. The zero-order valence-corrected chi connectivity index (χ0v) is 9.67. The second-order valence-electron chi connectivity index (χ2n) is 3.89. The van der Waals surface area contributed by atoms with Gasteiger partial charge in [-0.1, -0.05) is 18.2 Å². The Morgan fingerprint density at radius 2 is 2.00 bits per heavy atom. The molecule has 2 aromatic rings. The van der Waals surface area contributed by atoms with E-state index in [-0.39, 0.29) is 13.2 Å². The molecule has 0 atom stereocenters. The Hall–Kier alpha value is -2.16. The SMILES string of the molecule is N#Cc1cc(NC(CO)CO)nc2ccccc12. The van der Waals surface area contributed by atoms with Crippen molar-refractivity contribution in [2.75, 3.05) is 18.5 Å².